The second-order valence-corrected chi connectivity index (χ2v) is 4.42. The van der Waals surface area contributed by atoms with Crippen molar-refractivity contribution in [1.82, 2.24) is 15.3 Å². The number of aromatic nitrogens is 2. The van der Waals surface area contributed by atoms with Gasteiger partial charge in [-0.3, -0.25) is 0 Å². The van der Waals surface area contributed by atoms with Crippen LogP contribution in [-0.2, 0) is 12.8 Å². The van der Waals surface area contributed by atoms with E-state index in [1.54, 1.807) is 0 Å². The lowest BCUT2D eigenvalue weighted by molar-refractivity contribution is 0.395. The molecule has 2 heterocycles. The van der Waals surface area contributed by atoms with E-state index in [-0.39, 0.29) is 0 Å². The third kappa shape index (κ3) is 2.59. The van der Waals surface area contributed by atoms with E-state index in [2.05, 4.69) is 35.2 Å². The van der Waals surface area contributed by atoms with Crippen LogP contribution in [0.2, 0.25) is 0 Å². The van der Waals surface area contributed by atoms with Crippen LogP contribution in [0.5, 0.6) is 0 Å². The Labute approximate surface area is 97.7 Å². The Morgan fingerprint density at radius 3 is 2.38 bits per heavy atom. The SMILES string of the molecule is CCc1cc(CC)nc(C2CCCCN2)n1. The van der Waals surface area contributed by atoms with Gasteiger partial charge in [0, 0.05) is 11.4 Å². The van der Waals surface area contributed by atoms with Gasteiger partial charge in [0.2, 0.25) is 0 Å². The number of piperidine rings is 1. The van der Waals surface area contributed by atoms with Crippen molar-refractivity contribution >= 4 is 0 Å². The summed E-state index contributed by atoms with van der Waals surface area (Å²) in [5, 5.41) is 3.51. The minimum Gasteiger partial charge on any atom is -0.307 e. The van der Waals surface area contributed by atoms with Crippen molar-refractivity contribution in [2.24, 2.45) is 0 Å². The van der Waals surface area contributed by atoms with E-state index in [4.69, 9.17) is 0 Å². The van der Waals surface area contributed by atoms with Gasteiger partial charge >= 0.3 is 0 Å². The van der Waals surface area contributed by atoms with Crippen molar-refractivity contribution in [3.05, 3.63) is 23.3 Å². The molecule has 0 aliphatic carbocycles. The molecule has 1 unspecified atom stereocenters. The summed E-state index contributed by atoms with van der Waals surface area (Å²) < 4.78 is 0. The van der Waals surface area contributed by atoms with Crippen LogP contribution in [0.25, 0.3) is 0 Å². The topological polar surface area (TPSA) is 37.8 Å². The van der Waals surface area contributed by atoms with Crippen LogP contribution in [-0.4, -0.2) is 16.5 Å². The van der Waals surface area contributed by atoms with Gasteiger partial charge in [-0.25, -0.2) is 9.97 Å². The van der Waals surface area contributed by atoms with Crippen LogP contribution in [0, 0.1) is 0 Å². The summed E-state index contributed by atoms with van der Waals surface area (Å²) in [5.41, 5.74) is 2.35. The molecule has 2 rings (SSSR count). The highest BCUT2D eigenvalue weighted by Crippen LogP contribution is 2.20. The molecule has 1 aliphatic rings. The first-order valence-electron chi connectivity index (χ1n) is 6.43. The molecule has 1 saturated heterocycles. The van der Waals surface area contributed by atoms with Gasteiger partial charge in [0.15, 0.2) is 0 Å². The molecule has 0 radical (unpaired) electrons. The Balaban J connectivity index is 2.24. The number of nitrogens with zero attached hydrogens (tertiary/aromatic N) is 2. The van der Waals surface area contributed by atoms with Gasteiger partial charge in [-0.15, -0.1) is 0 Å². The quantitative estimate of drug-likeness (QED) is 0.848. The fourth-order valence-corrected chi connectivity index (χ4v) is 2.17. The predicted octanol–water partition coefficient (Wildman–Crippen LogP) is 2.42. The fourth-order valence-electron chi connectivity index (χ4n) is 2.17. The summed E-state index contributed by atoms with van der Waals surface area (Å²) in [6.07, 6.45) is 5.74. The molecular weight excluding hydrogens is 198 g/mol. The zero-order chi connectivity index (χ0) is 11.4. The van der Waals surface area contributed by atoms with Gasteiger partial charge in [-0.1, -0.05) is 20.3 Å². The molecule has 1 atom stereocenters. The minimum absolute atomic E-state index is 0.380. The summed E-state index contributed by atoms with van der Waals surface area (Å²) >= 11 is 0. The van der Waals surface area contributed by atoms with Crippen molar-refractivity contribution in [3.63, 3.8) is 0 Å². The number of aryl methyl sites for hydroxylation is 2. The first-order valence-corrected chi connectivity index (χ1v) is 6.43. The van der Waals surface area contributed by atoms with Crippen molar-refractivity contribution < 1.29 is 0 Å². The molecule has 1 fully saturated rings. The van der Waals surface area contributed by atoms with Crippen molar-refractivity contribution in [2.45, 2.75) is 52.0 Å². The smallest absolute Gasteiger partial charge is 0.145 e. The van der Waals surface area contributed by atoms with Gasteiger partial charge < -0.3 is 5.32 Å². The molecule has 1 aromatic heterocycles. The molecule has 16 heavy (non-hydrogen) atoms. The van der Waals surface area contributed by atoms with E-state index < -0.39 is 0 Å². The molecule has 3 heteroatoms. The van der Waals surface area contributed by atoms with Gasteiger partial charge in [0.25, 0.3) is 0 Å². The zero-order valence-corrected chi connectivity index (χ0v) is 10.3. The maximum absolute atomic E-state index is 4.65. The van der Waals surface area contributed by atoms with E-state index in [0.717, 1.165) is 25.2 Å². The molecule has 1 N–H and O–H groups in total. The van der Waals surface area contributed by atoms with E-state index in [0.29, 0.717) is 6.04 Å². The lowest BCUT2D eigenvalue weighted by Crippen LogP contribution is -2.28. The first-order chi connectivity index (χ1) is 7.83. The number of hydrogen-bond acceptors (Lipinski definition) is 3. The molecule has 1 aromatic rings. The Kier molecular flexibility index (Phi) is 3.88. The van der Waals surface area contributed by atoms with Gasteiger partial charge in [0.05, 0.1) is 6.04 Å². The lowest BCUT2D eigenvalue weighted by atomic mass is 10.0. The Morgan fingerprint density at radius 1 is 1.19 bits per heavy atom. The summed E-state index contributed by atoms with van der Waals surface area (Å²) in [5.74, 6) is 1.01. The number of nitrogens with one attached hydrogen (secondary N) is 1. The highest BCUT2D eigenvalue weighted by Gasteiger charge is 2.18. The maximum atomic E-state index is 4.65. The van der Waals surface area contributed by atoms with Gasteiger partial charge in [-0.05, 0) is 38.3 Å². The molecule has 0 saturated carbocycles. The molecular formula is C13H21N3. The normalized spacial score (nSPS) is 21.0. The highest BCUT2D eigenvalue weighted by atomic mass is 15.0. The summed E-state index contributed by atoms with van der Waals surface area (Å²) in [6.45, 7) is 5.41. The van der Waals surface area contributed by atoms with Crippen LogP contribution in [0.15, 0.2) is 6.07 Å². The lowest BCUT2D eigenvalue weighted by Gasteiger charge is -2.22. The number of hydrogen-bond donors (Lipinski definition) is 1. The van der Waals surface area contributed by atoms with Crippen LogP contribution in [0.1, 0.15) is 56.4 Å². The molecule has 0 aromatic carbocycles. The average Bonchev–Trinajstić information content (AvgIpc) is 2.39. The summed E-state index contributed by atoms with van der Waals surface area (Å²) in [6, 6.07) is 2.51. The van der Waals surface area contributed by atoms with Crippen molar-refractivity contribution in [1.29, 1.82) is 0 Å². The maximum Gasteiger partial charge on any atom is 0.145 e. The molecule has 88 valence electrons. The van der Waals surface area contributed by atoms with Crippen LogP contribution < -0.4 is 5.32 Å². The summed E-state index contributed by atoms with van der Waals surface area (Å²) in [7, 11) is 0. The Bertz CT molecular complexity index is 321. The number of rotatable bonds is 3. The largest absolute Gasteiger partial charge is 0.307 e. The van der Waals surface area contributed by atoms with Crippen LogP contribution >= 0.6 is 0 Å². The molecule has 1 aliphatic heterocycles. The monoisotopic (exact) mass is 219 g/mol. The molecule has 3 nitrogen and oxygen atoms in total. The second-order valence-electron chi connectivity index (χ2n) is 4.42. The summed E-state index contributed by atoms with van der Waals surface area (Å²) in [4.78, 5) is 9.30. The zero-order valence-electron chi connectivity index (χ0n) is 10.3. The molecule has 0 bridgehead atoms. The third-order valence-electron chi connectivity index (χ3n) is 3.20. The fraction of sp³-hybridized carbons (Fsp3) is 0.692. The van der Waals surface area contributed by atoms with E-state index >= 15 is 0 Å². The van der Waals surface area contributed by atoms with Crippen LogP contribution in [0.3, 0.4) is 0 Å². The third-order valence-corrected chi connectivity index (χ3v) is 3.20. The molecule has 0 amide bonds. The van der Waals surface area contributed by atoms with Crippen molar-refractivity contribution in [2.75, 3.05) is 6.54 Å². The highest BCUT2D eigenvalue weighted by molar-refractivity contribution is 5.13. The van der Waals surface area contributed by atoms with E-state index in [1.165, 1.54) is 30.7 Å². The molecule has 0 spiro atoms. The van der Waals surface area contributed by atoms with Gasteiger partial charge in [0.1, 0.15) is 5.82 Å². The van der Waals surface area contributed by atoms with Crippen molar-refractivity contribution in [3.8, 4) is 0 Å². The van der Waals surface area contributed by atoms with Gasteiger partial charge in [-0.2, -0.15) is 0 Å². The minimum atomic E-state index is 0.380. The Morgan fingerprint density at radius 2 is 1.88 bits per heavy atom. The Hall–Kier alpha value is -0.960. The first kappa shape index (κ1) is 11.5. The van der Waals surface area contributed by atoms with E-state index in [9.17, 15) is 0 Å². The standard InChI is InChI=1S/C13H21N3/c1-3-10-9-11(4-2)16-13(15-10)12-7-5-6-8-14-12/h9,12,14H,3-8H2,1-2H3. The predicted molar refractivity (Wildman–Crippen MR) is 65.4 cm³/mol. The second kappa shape index (κ2) is 5.39. The van der Waals surface area contributed by atoms with E-state index in [1.807, 2.05) is 0 Å². The van der Waals surface area contributed by atoms with Crippen LogP contribution in [0.4, 0.5) is 0 Å². The average molecular weight is 219 g/mol.